The van der Waals surface area contributed by atoms with Crippen LogP contribution in [-0.2, 0) is 24.3 Å². The normalized spacial score (nSPS) is 10.9. The molecule has 1 aromatic carbocycles. The summed E-state index contributed by atoms with van der Waals surface area (Å²) in [5, 5.41) is 3.39. The predicted molar refractivity (Wildman–Crippen MR) is 98.9 cm³/mol. The first-order chi connectivity index (χ1) is 11.6. The fourth-order valence-electron chi connectivity index (χ4n) is 2.41. The Morgan fingerprint density at radius 2 is 2.08 bits per heavy atom. The van der Waals surface area contributed by atoms with Crippen molar-refractivity contribution in [3.63, 3.8) is 0 Å². The number of amides is 1. The molecule has 0 radical (unpaired) electrons. The number of rotatable bonds is 5. The largest absolute Gasteiger partial charge is 0.350 e. The molecule has 0 bridgehead atoms. The lowest BCUT2D eigenvalue weighted by molar-refractivity contribution is -0.121. The van der Waals surface area contributed by atoms with Gasteiger partial charge in [-0.25, -0.2) is 0 Å². The van der Waals surface area contributed by atoms with Crippen molar-refractivity contribution >= 4 is 39.7 Å². The van der Waals surface area contributed by atoms with E-state index in [0.717, 1.165) is 21.7 Å². The first-order valence-electron chi connectivity index (χ1n) is 7.64. The molecule has 0 aliphatic carbocycles. The Balaban J connectivity index is 1.80. The minimum Gasteiger partial charge on any atom is -0.350 e. The summed E-state index contributed by atoms with van der Waals surface area (Å²) in [6.45, 7) is 2.37. The number of hydrogen-bond donors (Lipinski definition) is 2. The standard InChI is InChI=1S/C17H17N3O2S2/c1-2-12-8-13-15(24-12)19-17(23)20(16(13)22)10-14(21)18-9-11-6-4-3-5-7-11/h3-8H,2,9-10H2,1H3,(H,18,21)(H,19,23). The highest BCUT2D eigenvalue weighted by molar-refractivity contribution is 7.71. The van der Waals surface area contributed by atoms with E-state index >= 15 is 0 Å². The number of carbonyl (C=O) groups is 1. The Hall–Kier alpha value is -2.25. The molecular weight excluding hydrogens is 342 g/mol. The van der Waals surface area contributed by atoms with Crippen LogP contribution in [0.2, 0.25) is 0 Å². The van der Waals surface area contributed by atoms with Crippen molar-refractivity contribution in [2.24, 2.45) is 0 Å². The second-order valence-corrected chi connectivity index (χ2v) is 6.92. The molecule has 3 aromatic rings. The third-order valence-corrected chi connectivity index (χ3v) is 5.22. The quantitative estimate of drug-likeness (QED) is 0.688. The molecule has 124 valence electrons. The lowest BCUT2D eigenvalue weighted by Gasteiger charge is -2.08. The Morgan fingerprint density at radius 3 is 2.79 bits per heavy atom. The topological polar surface area (TPSA) is 66.9 Å². The zero-order valence-electron chi connectivity index (χ0n) is 13.2. The van der Waals surface area contributed by atoms with Gasteiger partial charge in [0.2, 0.25) is 5.91 Å². The van der Waals surface area contributed by atoms with E-state index in [1.54, 1.807) is 0 Å². The summed E-state index contributed by atoms with van der Waals surface area (Å²) < 4.78 is 1.58. The van der Waals surface area contributed by atoms with Crippen LogP contribution in [0.3, 0.4) is 0 Å². The molecular formula is C17H17N3O2S2. The minimum atomic E-state index is -0.245. The molecule has 0 unspecified atom stereocenters. The number of fused-ring (bicyclic) bond motifs is 1. The average molecular weight is 359 g/mol. The maximum absolute atomic E-state index is 12.6. The molecule has 7 heteroatoms. The van der Waals surface area contributed by atoms with Crippen molar-refractivity contribution in [2.75, 3.05) is 0 Å². The molecule has 5 nitrogen and oxygen atoms in total. The average Bonchev–Trinajstić information content (AvgIpc) is 3.01. The van der Waals surface area contributed by atoms with Gasteiger partial charge in [0.05, 0.1) is 5.39 Å². The first-order valence-corrected chi connectivity index (χ1v) is 8.87. The van der Waals surface area contributed by atoms with Crippen LogP contribution in [-0.4, -0.2) is 15.5 Å². The molecule has 0 spiro atoms. The van der Waals surface area contributed by atoms with Gasteiger partial charge < -0.3 is 10.3 Å². The number of hydrogen-bond acceptors (Lipinski definition) is 4. The third kappa shape index (κ3) is 3.47. The van der Waals surface area contributed by atoms with Crippen molar-refractivity contribution in [3.05, 3.63) is 62.0 Å². The van der Waals surface area contributed by atoms with Crippen LogP contribution >= 0.6 is 23.6 Å². The highest BCUT2D eigenvalue weighted by Crippen LogP contribution is 2.21. The summed E-state index contributed by atoms with van der Waals surface area (Å²) in [6, 6.07) is 11.5. The zero-order valence-corrected chi connectivity index (χ0v) is 14.8. The number of nitrogens with zero attached hydrogens (tertiary/aromatic N) is 1. The van der Waals surface area contributed by atoms with E-state index in [-0.39, 0.29) is 22.8 Å². The van der Waals surface area contributed by atoms with Crippen LogP contribution in [0.5, 0.6) is 0 Å². The molecule has 3 rings (SSSR count). The minimum absolute atomic E-state index is 0.0890. The molecule has 0 saturated carbocycles. The monoisotopic (exact) mass is 359 g/mol. The van der Waals surface area contributed by atoms with E-state index in [1.807, 2.05) is 43.3 Å². The molecule has 2 N–H and O–H groups in total. The van der Waals surface area contributed by atoms with Gasteiger partial charge in [0, 0.05) is 11.4 Å². The highest BCUT2D eigenvalue weighted by Gasteiger charge is 2.12. The first kappa shape index (κ1) is 16.6. The summed E-state index contributed by atoms with van der Waals surface area (Å²) in [4.78, 5) is 29.7. The van der Waals surface area contributed by atoms with Gasteiger partial charge in [-0.05, 0) is 30.3 Å². The third-order valence-electron chi connectivity index (χ3n) is 3.71. The fourth-order valence-corrected chi connectivity index (χ4v) is 3.71. The number of aromatic amines is 1. The van der Waals surface area contributed by atoms with Crippen LogP contribution in [0.25, 0.3) is 10.2 Å². The molecule has 0 atom stereocenters. The summed E-state index contributed by atoms with van der Waals surface area (Å²) in [5.41, 5.74) is 0.781. The highest BCUT2D eigenvalue weighted by atomic mass is 32.1. The molecule has 1 amide bonds. The summed E-state index contributed by atoms with van der Waals surface area (Å²) in [6.07, 6.45) is 0.858. The molecule has 0 aliphatic rings. The van der Waals surface area contributed by atoms with Crippen molar-refractivity contribution in [1.82, 2.24) is 14.9 Å². The lowest BCUT2D eigenvalue weighted by Crippen LogP contribution is -2.32. The number of nitrogens with one attached hydrogen (secondary N) is 2. The molecule has 0 saturated heterocycles. The number of H-pyrrole nitrogens is 1. The summed E-state index contributed by atoms with van der Waals surface area (Å²) in [5.74, 6) is -0.245. The summed E-state index contributed by atoms with van der Waals surface area (Å²) in [7, 11) is 0. The molecule has 2 heterocycles. The zero-order chi connectivity index (χ0) is 17.1. The second kappa shape index (κ2) is 7.11. The van der Waals surface area contributed by atoms with Gasteiger partial charge in [-0.3, -0.25) is 14.2 Å². The number of thiophene rings is 1. The van der Waals surface area contributed by atoms with Gasteiger partial charge in [0.1, 0.15) is 11.4 Å². The maximum Gasteiger partial charge on any atom is 0.263 e. The number of aryl methyl sites for hydroxylation is 1. The van der Waals surface area contributed by atoms with Crippen molar-refractivity contribution in [2.45, 2.75) is 26.4 Å². The van der Waals surface area contributed by atoms with Crippen LogP contribution in [0, 0.1) is 4.77 Å². The van der Waals surface area contributed by atoms with E-state index < -0.39 is 0 Å². The van der Waals surface area contributed by atoms with Gasteiger partial charge in [-0.2, -0.15) is 0 Å². The van der Waals surface area contributed by atoms with Crippen molar-refractivity contribution in [1.29, 1.82) is 0 Å². The predicted octanol–water partition coefficient (Wildman–Crippen LogP) is 3.00. The number of benzene rings is 1. The fraction of sp³-hybridized carbons (Fsp3) is 0.235. The van der Waals surface area contributed by atoms with Gasteiger partial charge in [-0.15, -0.1) is 11.3 Å². The van der Waals surface area contributed by atoms with Crippen LogP contribution in [0.15, 0.2) is 41.2 Å². The molecule has 24 heavy (non-hydrogen) atoms. The second-order valence-electron chi connectivity index (χ2n) is 5.39. The van der Waals surface area contributed by atoms with Crippen molar-refractivity contribution in [3.8, 4) is 0 Å². The number of carbonyl (C=O) groups excluding carboxylic acids is 1. The lowest BCUT2D eigenvalue weighted by atomic mass is 10.2. The van der Waals surface area contributed by atoms with Crippen LogP contribution < -0.4 is 10.9 Å². The molecule has 0 aliphatic heterocycles. The maximum atomic E-state index is 12.6. The number of aromatic nitrogens is 2. The van der Waals surface area contributed by atoms with Crippen LogP contribution in [0.4, 0.5) is 0 Å². The summed E-state index contributed by atoms with van der Waals surface area (Å²) >= 11 is 6.77. The van der Waals surface area contributed by atoms with E-state index in [2.05, 4.69) is 10.3 Å². The van der Waals surface area contributed by atoms with Gasteiger partial charge in [0.25, 0.3) is 5.56 Å². The Labute approximate surface area is 148 Å². The molecule has 2 aromatic heterocycles. The SMILES string of the molecule is CCc1cc2c(=O)n(CC(=O)NCc3ccccc3)c(=S)[nH]c2s1. The van der Waals surface area contributed by atoms with E-state index in [1.165, 1.54) is 15.9 Å². The van der Waals surface area contributed by atoms with Gasteiger partial charge >= 0.3 is 0 Å². The smallest absolute Gasteiger partial charge is 0.263 e. The van der Waals surface area contributed by atoms with E-state index in [9.17, 15) is 9.59 Å². The van der Waals surface area contributed by atoms with E-state index in [0.29, 0.717) is 11.9 Å². The Bertz CT molecular complexity index is 986. The van der Waals surface area contributed by atoms with Crippen molar-refractivity contribution < 1.29 is 4.79 Å². The molecule has 0 fully saturated rings. The Kier molecular flexibility index (Phi) is 4.92. The van der Waals surface area contributed by atoms with E-state index in [4.69, 9.17) is 12.2 Å². The van der Waals surface area contributed by atoms with Crippen LogP contribution in [0.1, 0.15) is 17.4 Å². The van der Waals surface area contributed by atoms with Gasteiger partial charge in [-0.1, -0.05) is 37.3 Å². The van der Waals surface area contributed by atoms with Gasteiger partial charge in [0.15, 0.2) is 4.77 Å². The Morgan fingerprint density at radius 1 is 1.33 bits per heavy atom.